The molecule has 0 fully saturated rings. The number of anilines is 1. The minimum Gasteiger partial charge on any atom is -0.308 e. The number of aryl methyl sites for hydroxylation is 2. The molecule has 0 radical (unpaired) electrons. The van der Waals surface area contributed by atoms with E-state index in [1.165, 1.54) is 0 Å². The molecule has 0 atom stereocenters. The van der Waals surface area contributed by atoms with E-state index in [0.717, 1.165) is 68.9 Å². The highest BCUT2D eigenvalue weighted by Crippen LogP contribution is 2.40. The molecule has 0 saturated carbocycles. The molecule has 1 amide bonds. The zero-order valence-electron chi connectivity index (χ0n) is 29.1. The van der Waals surface area contributed by atoms with Crippen LogP contribution >= 0.6 is 0 Å². The van der Waals surface area contributed by atoms with Crippen LogP contribution in [0.5, 0.6) is 0 Å². The normalized spacial score (nSPS) is 11.4. The van der Waals surface area contributed by atoms with Gasteiger partial charge in [0.05, 0.1) is 6.54 Å². The first-order valence-corrected chi connectivity index (χ1v) is 17.4. The number of hydrogen-bond acceptors (Lipinski definition) is 5. The molecule has 7 nitrogen and oxygen atoms in total. The number of tetrazole rings is 1. The Labute approximate surface area is 299 Å². The van der Waals surface area contributed by atoms with E-state index in [0.29, 0.717) is 12.4 Å². The van der Waals surface area contributed by atoms with Crippen LogP contribution < -0.4 is 4.90 Å². The largest absolute Gasteiger partial charge is 0.308 e. The molecule has 5 aromatic carbocycles. The number of pyridine rings is 1. The van der Waals surface area contributed by atoms with Crippen LogP contribution in [0.3, 0.4) is 0 Å². The van der Waals surface area contributed by atoms with E-state index in [2.05, 4.69) is 80.6 Å². The molecule has 0 unspecified atom stereocenters. The van der Waals surface area contributed by atoms with E-state index < -0.39 is 5.54 Å². The summed E-state index contributed by atoms with van der Waals surface area (Å²) >= 11 is 0. The summed E-state index contributed by atoms with van der Waals surface area (Å²) in [5, 5.41) is 14.6. The summed E-state index contributed by atoms with van der Waals surface area (Å²) in [6, 6.07) is 51.6. The molecule has 0 aliphatic carbocycles. The first-order chi connectivity index (χ1) is 25.0. The number of benzene rings is 5. The Morgan fingerprint density at radius 1 is 0.647 bits per heavy atom. The van der Waals surface area contributed by atoms with Crippen molar-refractivity contribution >= 4 is 11.6 Å². The summed E-state index contributed by atoms with van der Waals surface area (Å²) in [5.74, 6) is 0.521. The van der Waals surface area contributed by atoms with E-state index in [4.69, 9.17) is 20.4 Å². The number of carbonyl (C=O) groups is 1. The Balaban J connectivity index is 1.26. The van der Waals surface area contributed by atoms with Crippen LogP contribution in [0.15, 0.2) is 152 Å². The molecule has 7 rings (SSSR count). The SMILES string of the molecule is CCc1cc(N(Cc2ccc(-c3ccccc3-c3nnn(C(c4ccccc4)(c4ccccc4)c4ccccc4)n3)cc2)C(C)=O)cc(CC)n1. The molecule has 2 aromatic heterocycles. The van der Waals surface area contributed by atoms with Crippen LogP contribution in [0.25, 0.3) is 22.5 Å². The molecule has 0 aliphatic heterocycles. The van der Waals surface area contributed by atoms with Crippen molar-refractivity contribution in [3.8, 4) is 22.5 Å². The van der Waals surface area contributed by atoms with Crippen molar-refractivity contribution in [2.45, 2.75) is 45.7 Å². The van der Waals surface area contributed by atoms with Crippen LogP contribution in [0, 0.1) is 0 Å². The molecular weight excluding hydrogens is 629 g/mol. The molecule has 51 heavy (non-hydrogen) atoms. The molecule has 0 N–H and O–H groups in total. The van der Waals surface area contributed by atoms with Crippen LogP contribution in [0.4, 0.5) is 5.69 Å². The van der Waals surface area contributed by atoms with Gasteiger partial charge in [-0.3, -0.25) is 9.78 Å². The monoisotopic (exact) mass is 668 g/mol. The third kappa shape index (κ3) is 6.58. The number of amides is 1. The minimum atomic E-state index is -0.862. The van der Waals surface area contributed by atoms with Gasteiger partial charge < -0.3 is 4.90 Å². The minimum absolute atomic E-state index is 0.00790. The Bertz CT molecular complexity index is 2110. The van der Waals surface area contributed by atoms with Crippen molar-refractivity contribution in [3.05, 3.63) is 185 Å². The second-order valence-corrected chi connectivity index (χ2v) is 12.6. The van der Waals surface area contributed by atoms with Gasteiger partial charge in [-0.1, -0.05) is 153 Å². The fourth-order valence-electron chi connectivity index (χ4n) is 6.79. The van der Waals surface area contributed by atoms with Gasteiger partial charge in [-0.25, -0.2) is 0 Å². The number of rotatable bonds is 11. The van der Waals surface area contributed by atoms with Crippen LogP contribution in [-0.2, 0) is 29.7 Å². The summed E-state index contributed by atoms with van der Waals surface area (Å²) < 4.78 is 0. The van der Waals surface area contributed by atoms with Crippen molar-refractivity contribution in [2.24, 2.45) is 0 Å². The maximum absolute atomic E-state index is 12.9. The quantitative estimate of drug-likeness (QED) is 0.129. The van der Waals surface area contributed by atoms with Gasteiger partial charge in [-0.2, -0.15) is 0 Å². The molecule has 7 heteroatoms. The van der Waals surface area contributed by atoms with Gasteiger partial charge in [0.2, 0.25) is 11.7 Å². The Morgan fingerprint density at radius 3 is 1.63 bits per heavy atom. The number of nitrogens with zero attached hydrogens (tertiary/aromatic N) is 6. The third-order valence-electron chi connectivity index (χ3n) is 9.39. The summed E-state index contributed by atoms with van der Waals surface area (Å²) in [7, 11) is 0. The van der Waals surface area contributed by atoms with Gasteiger partial charge in [0, 0.05) is 29.6 Å². The van der Waals surface area contributed by atoms with Gasteiger partial charge in [0.1, 0.15) is 0 Å². The molecule has 0 aliphatic rings. The molecular formula is C44H40N6O. The van der Waals surface area contributed by atoms with Gasteiger partial charge in [0.15, 0.2) is 5.54 Å². The average molecular weight is 669 g/mol. The molecule has 2 heterocycles. The smallest absolute Gasteiger partial charge is 0.224 e. The third-order valence-corrected chi connectivity index (χ3v) is 9.39. The maximum atomic E-state index is 12.9. The summed E-state index contributed by atoms with van der Waals surface area (Å²) in [4.78, 5) is 21.1. The lowest BCUT2D eigenvalue weighted by atomic mass is 9.77. The van der Waals surface area contributed by atoms with Gasteiger partial charge >= 0.3 is 0 Å². The lowest BCUT2D eigenvalue weighted by Crippen LogP contribution is -2.39. The first kappa shape index (κ1) is 33.3. The highest BCUT2D eigenvalue weighted by Gasteiger charge is 2.41. The van der Waals surface area contributed by atoms with Crippen molar-refractivity contribution in [1.82, 2.24) is 25.2 Å². The van der Waals surface area contributed by atoms with Gasteiger partial charge in [-0.15, -0.1) is 15.0 Å². The average Bonchev–Trinajstić information content (AvgIpc) is 3.69. The van der Waals surface area contributed by atoms with E-state index in [-0.39, 0.29) is 5.91 Å². The van der Waals surface area contributed by atoms with Crippen LogP contribution in [-0.4, -0.2) is 31.1 Å². The zero-order chi connectivity index (χ0) is 35.2. The standard InChI is InChI=1S/C44H40N6O/c1-4-38-29-40(30-39(5-2)45-38)49(32(3)51)31-33-25-27-34(28-26-33)41-23-15-16-24-42(41)43-46-48-50(47-43)44(35-17-9-6-10-18-35,36-19-11-7-12-20-36)37-21-13-8-14-22-37/h6-30H,4-5,31H2,1-3H3. The van der Waals surface area contributed by atoms with Crippen LogP contribution in [0.1, 0.15) is 54.4 Å². The van der Waals surface area contributed by atoms with Gasteiger partial charge in [-0.05, 0) is 63.6 Å². The summed E-state index contributed by atoms with van der Waals surface area (Å²) in [5.41, 5.74) is 8.99. The predicted octanol–water partition coefficient (Wildman–Crippen LogP) is 8.92. The van der Waals surface area contributed by atoms with Crippen molar-refractivity contribution in [3.63, 3.8) is 0 Å². The first-order valence-electron chi connectivity index (χ1n) is 17.4. The van der Waals surface area contributed by atoms with Crippen molar-refractivity contribution < 1.29 is 4.79 Å². The molecule has 0 saturated heterocycles. The predicted molar refractivity (Wildman–Crippen MR) is 203 cm³/mol. The Kier molecular flexibility index (Phi) is 9.61. The summed E-state index contributed by atoms with van der Waals surface area (Å²) in [6.45, 7) is 6.25. The van der Waals surface area contributed by atoms with Crippen LogP contribution in [0.2, 0.25) is 0 Å². The van der Waals surface area contributed by atoms with Gasteiger partial charge in [0.25, 0.3) is 0 Å². The van der Waals surface area contributed by atoms with Crippen molar-refractivity contribution in [2.75, 3.05) is 4.90 Å². The second kappa shape index (κ2) is 14.7. The summed E-state index contributed by atoms with van der Waals surface area (Å²) in [6.07, 6.45) is 1.63. The van der Waals surface area contributed by atoms with E-state index in [1.807, 2.05) is 89.8 Å². The second-order valence-electron chi connectivity index (χ2n) is 12.6. The highest BCUT2D eigenvalue weighted by atomic mass is 16.2. The molecule has 7 aromatic rings. The Morgan fingerprint density at radius 2 is 1.14 bits per heavy atom. The fourth-order valence-corrected chi connectivity index (χ4v) is 6.79. The Hall–Kier alpha value is -6.21. The molecule has 252 valence electrons. The zero-order valence-corrected chi connectivity index (χ0v) is 29.1. The van der Waals surface area contributed by atoms with E-state index in [9.17, 15) is 4.79 Å². The van der Waals surface area contributed by atoms with E-state index >= 15 is 0 Å². The van der Waals surface area contributed by atoms with Crippen molar-refractivity contribution in [1.29, 1.82) is 0 Å². The lowest BCUT2D eigenvalue weighted by Gasteiger charge is -2.34. The fraction of sp³-hybridized carbons (Fsp3) is 0.159. The molecule has 0 bridgehead atoms. The number of hydrogen-bond donors (Lipinski definition) is 0. The maximum Gasteiger partial charge on any atom is 0.224 e. The highest BCUT2D eigenvalue weighted by molar-refractivity contribution is 5.91. The molecule has 0 spiro atoms. The topological polar surface area (TPSA) is 76.8 Å². The van der Waals surface area contributed by atoms with E-state index in [1.54, 1.807) is 11.7 Å². The number of aromatic nitrogens is 5. The number of carbonyl (C=O) groups excluding carboxylic acids is 1. The lowest BCUT2D eigenvalue weighted by molar-refractivity contribution is -0.116.